The summed E-state index contributed by atoms with van der Waals surface area (Å²) >= 11 is 0. The molecule has 0 spiro atoms. The van der Waals surface area contributed by atoms with E-state index in [4.69, 9.17) is 9.47 Å². The lowest BCUT2D eigenvalue weighted by atomic mass is 9.84. The quantitative estimate of drug-likeness (QED) is 0.142. The number of hydrazine groups is 1. The van der Waals surface area contributed by atoms with Crippen LogP contribution in [0.4, 0.5) is 5.69 Å². The summed E-state index contributed by atoms with van der Waals surface area (Å²) in [5, 5.41) is 19.8. The van der Waals surface area contributed by atoms with Gasteiger partial charge in [0.05, 0.1) is 30.1 Å². The molecule has 2 amide bonds. The van der Waals surface area contributed by atoms with Crippen LogP contribution in [0.25, 0.3) is 33.3 Å². The van der Waals surface area contributed by atoms with E-state index in [9.17, 15) is 19.5 Å². The van der Waals surface area contributed by atoms with Crippen molar-refractivity contribution in [2.75, 3.05) is 31.6 Å². The summed E-state index contributed by atoms with van der Waals surface area (Å²) in [5.41, 5.74) is 11.3. The van der Waals surface area contributed by atoms with Crippen LogP contribution < -0.4 is 16.1 Å². The monoisotopic (exact) mass is 797 g/mol. The Morgan fingerprint density at radius 2 is 1.88 bits per heavy atom. The summed E-state index contributed by atoms with van der Waals surface area (Å²) < 4.78 is 14.0. The lowest BCUT2D eigenvalue weighted by Gasteiger charge is -2.35. The average molecular weight is 798 g/mol. The first kappa shape index (κ1) is 39.6. The summed E-state index contributed by atoms with van der Waals surface area (Å²) in [6.45, 7) is 10.7. The highest BCUT2D eigenvalue weighted by Gasteiger charge is 2.35. The third kappa shape index (κ3) is 8.24. The third-order valence-corrected chi connectivity index (χ3v) is 11.4. The summed E-state index contributed by atoms with van der Waals surface area (Å²) in [7, 11) is 0. The number of pyridine rings is 1. The molecule has 3 aliphatic rings. The highest BCUT2D eigenvalue weighted by atomic mass is 16.5. The van der Waals surface area contributed by atoms with Crippen LogP contribution in [0.1, 0.15) is 67.6 Å². The fourth-order valence-corrected chi connectivity index (χ4v) is 8.51. The van der Waals surface area contributed by atoms with Crippen molar-refractivity contribution >= 4 is 40.4 Å². The highest BCUT2D eigenvalue weighted by Crippen LogP contribution is 2.41. The number of fused-ring (bicyclic) bond motifs is 6. The van der Waals surface area contributed by atoms with E-state index in [2.05, 4.69) is 82.6 Å². The molecule has 59 heavy (non-hydrogen) atoms. The number of phenols is 1. The van der Waals surface area contributed by atoms with E-state index in [1.807, 2.05) is 18.5 Å². The van der Waals surface area contributed by atoms with Crippen molar-refractivity contribution in [2.45, 2.75) is 78.4 Å². The van der Waals surface area contributed by atoms with E-state index in [0.29, 0.717) is 61.8 Å². The van der Waals surface area contributed by atoms with Crippen molar-refractivity contribution in [1.29, 1.82) is 0 Å². The topological polar surface area (TPSA) is 159 Å². The van der Waals surface area contributed by atoms with Crippen molar-refractivity contribution in [3.05, 3.63) is 101 Å². The molecule has 4 N–H and O–H groups in total. The number of anilines is 1. The molecule has 3 aliphatic heterocycles. The number of esters is 1. The van der Waals surface area contributed by atoms with E-state index in [-0.39, 0.29) is 18.8 Å². The van der Waals surface area contributed by atoms with Gasteiger partial charge >= 0.3 is 5.97 Å². The number of cyclic esters (lactones) is 1. The number of carbonyl (C=O) groups is 3. The summed E-state index contributed by atoms with van der Waals surface area (Å²) in [5.74, 6) is -1.31. The number of aliphatic imine (C=N–C) groups is 1. The van der Waals surface area contributed by atoms with Crippen LogP contribution in [-0.2, 0) is 44.9 Å². The average Bonchev–Trinajstić information content (AvgIpc) is 3.87. The molecule has 5 aromatic rings. The van der Waals surface area contributed by atoms with E-state index < -0.39 is 35.3 Å². The van der Waals surface area contributed by atoms with Gasteiger partial charge in [0, 0.05) is 53.8 Å². The Hall–Kier alpha value is -6.21. The minimum absolute atomic E-state index is 0.0337. The largest absolute Gasteiger partial charge is 0.508 e. The predicted octanol–water partition coefficient (Wildman–Crippen LogP) is 6.42. The molecule has 306 valence electrons. The summed E-state index contributed by atoms with van der Waals surface area (Å²) in [6.07, 6.45) is 6.32. The maximum atomic E-state index is 14.5. The molecular formula is C46H51N7O6. The molecule has 6 bridgehead atoms. The minimum atomic E-state index is -1.08. The van der Waals surface area contributed by atoms with Gasteiger partial charge in [-0.1, -0.05) is 45.0 Å². The van der Waals surface area contributed by atoms with Gasteiger partial charge in [-0.05, 0) is 103 Å². The first-order valence-corrected chi connectivity index (χ1v) is 20.5. The number of aryl methyl sites for hydroxylation is 2. The Balaban J connectivity index is 1.24. The van der Waals surface area contributed by atoms with Crippen LogP contribution in [-0.4, -0.2) is 81.9 Å². The van der Waals surface area contributed by atoms with Crippen LogP contribution in [0.5, 0.6) is 5.75 Å². The van der Waals surface area contributed by atoms with Crippen LogP contribution in [0.15, 0.2) is 84.1 Å². The number of nitrogens with one attached hydrogen (secondary N) is 3. The molecule has 0 unspecified atom stereocenters. The van der Waals surface area contributed by atoms with Crippen molar-refractivity contribution in [3.63, 3.8) is 0 Å². The second-order valence-corrected chi connectivity index (χ2v) is 16.3. The van der Waals surface area contributed by atoms with Gasteiger partial charge < -0.3 is 29.8 Å². The molecule has 8 rings (SSSR count). The number of phenolic OH excluding ortho intramolecular Hbond substituents is 1. The Labute approximate surface area is 343 Å². The lowest BCUT2D eigenvalue weighted by molar-refractivity contribution is -0.155. The molecule has 5 heterocycles. The highest BCUT2D eigenvalue weighted by molar-refractivity contribution is 6.05. The Morgan fingerprint density at radius 3 is 2.68 bits per heavy atom. The zero-order valence-electron chi connectivity index (χ0n) is 34.0. The first-order valence-electron chi connectivity index (χ1n) is 20.5. The number of nitrogens with zero attached hydrogens (tertiary/aromatic N) is 4. The number of aromatic hydroxyl groups is 1. The van der Waals surface area contributed by atoms with Crippen molar-refractivity contribution in [2.24, 2.45) is 10.4 Å². The zero-order valence-corrected chi connectivity index (χ0v) is 34.0. The lowest BCUT2D eigenvalue weighted by Crippen LogP contribution is -2.60. The number of benzene rings is 3. The molecule has 2 atom stereocenters. The molecule has 1 saturated heterocycles. The second-order valence-electron chi connectivity index (χ2n) is 16.3. The molecule has 0 aliphatic carbocycles. The van der Waals surface area contributed by atoms with Gasteiger partial charge in [0.1, 0.15) is 24.4 Å². The molecule has 0 saturated carbocycles. The minimum Gasteiger partial charge on any atom is -0.508 e. The molecular weight excluding hydrogens is 747 g/mol. The van der Waals surface area contributed by atoms with E-state index in [1.165, 1.54) is 10.6 Å². The van der Waals surface area contributed by atoms with Crippen LogP contribution in [0.2, 0.25) is 0 Å². The van der Waals surface area contributed by atoms with Crippen LogP contribution in [0, 0.1) is 5.41 Å². The SMILES string of the molecule is CCc1ccncc1-c1c2c3cc(ccc3n1CC)-c1cc(O)cc(c1)C[C@H](NC(=O)c1ccccc1NC1=NCCO1)C(=O)N1CCC[C@H](N1)C(=O)OCC(C)(C)C2. The number of rotatable bonds is 6. The molecule has 1 fully saturated rings. The van der Waals surface area contributed by atoms with Gasteiger partial charge in [0.25, 0.3) is 17.8 Å². The number of hydrogen-bond acceptors (Lipinski definition) is 10. The second kappa shape index (κ2) is 16.6. The van der Waals surface area contributed by atoms with Gasteiger partial charge in [-0.3, -0.25) is 24.4 Å². The fraction of sp³-hybridized carbons (Fsp3) is 0.370. The van der Waals surface area contributed by atoms with E-state index >= 15 is 0 Å². The normalized spacial score (nSPS) is 19.4. The third-order valence-electron chi connectivity index (χ3n) is 11.4. The number of aromatic nitrogens is 2. The van der Waals surface area contributed by atoms with Crippen molar-refractivity contribution < 1.29 is 29.0 Å². The van der Waals surface area contributed by atoms with E-state index in [0.717, 1.165) is 51.8 Å². The molecule has 0 radical (unpaired) electrons. The number of amidine groups is 1. The molecule has 13 nitrogen and oxygen atoms in total. The Bertz CT molecular complexity index is 2460. The van der Waals surface area contributed by atoms with Gasteiger partial charge in [-0.2, -0.15) is 0 Å². The standard InChI is InChI=1S/C46H51N7O6/c1-5-29-15-16-47-26-36(29)41-35-25-46(3,4)27-59-44(57)38-12-9-18-53(51-38)43(56)39(49-42(55)33-10-7-8-11-37(33)50-45-48-17-19-58-45)22-28-20-31(23-32(54)21-28)30-13-14-40(34(35)24-30)52(41)6-2/h7-8,10-11,13-16,20-21,23-24,26,38-39,51,54H,5-6,9,12,17-19,22,25,27H2,1-4H3,(H,48,50)(H,49,55)/t38-,39-/m0/s1. The zero-order chi connectivity index (χ0) is 41.3. The predicted molar refractivity (Wildman–Crippen MR) is 227 cm³/mol. The smallest absolute Gasteiger partial charge is 0.324 e. The summed E-state index contributed by atoms with van der Waals surface area (Å²) in [6, 6.07) is 19.2. The number of ether oxygens (including phenoxy) is 2. The van der Waals surface area contributed by atoms with Gasteiger partial charge in [0.15, 0.2) is 0 Å². The number of amides is 2. The first-order chi connectivity index (χ1) is 28.5. The van der Waals surface area contributed by atoms with E-state index in [1.54, 1.807) is 36.4 Å². The van der Waals surface area contributed by atoms with Crippen molar-refractivity contribution in [3.8, 4) is 28.1 Å². The Morgan fingerprint density at radius 1 is 1.03 bits per heavy atom. The van der Waals surface area contributed by atoms with Crippen LogP contribution in [0.3, 0.4) is 0 Å². The fourth-order valence-electron chi connectivity index (χ4n) is 8.51. The molecule has 2 aromatic heterocycles. The van der Waals surface area contributed by atoms with Gasteiger partial charge in [-0.25, -0.2) is 10.4 Å². The van der Waals surface area contributed by atoms with Crippen molar-refractivity contribution in [1.82, 2.24) is 25.3 Å². The summed E-state index contributed by atoms with van der Waals surface area (Å²) in [4.78, 5) is 51.3. The molecule has 13 heteroatoms. The Kier molecular flexibility index (Phi) is 11.1. The molecule has 3 aromatic carbocycles. The maximum Gasteiger partial charge on any atom is 0.324 e. The number of para-hydroxylation sites is 1. The number of hydrogen-bond donors (Lipinski definition) is 4. The van der Waals surface area contributed by atoms with Gasteiger partial charge in [0.2, 0.25) is 0 Å². The van der Waals surface area contributed by atoms with Crippen LogP contribution >= 0.6 is 0 Å². The van der Waals surface area contributed by atoms with Gasteiger partial charge in [-0.15, -0.1) is 0 Å². The maximum absolute atomic E-state index is 14.5. The number of carbonyl (C=O) groups excluding carboxylic acids is 3.